The zero-order chi connectivity index (χ0) is 16.8. The molecule has 2 aromatic heterocycles. The zero-order valence-electron chi connectivity index (χ0n) is 14.4. The molecule has 0 saturated carbocycles. The molecule has 0 fully saturated rings. The Bertz CT molecular complexity index is 1080. The first kappa shape index (κ1) is 14.8. The van der Waals surface area contributed by atoms with E-state index in [9.17, 15) is 0 Å². The van der Waals surface area contributed by atoms with E-state index in [2.05, 4.69) is 49.2 Å². The van der Waals surface area contributed by atoms with E-state index in [1.165, 1.54) is 33.3 Å². The molecule has 3 nitrogen and oxygen atoms in total. The summed E-state index contributed by atoms with van der Waals surface area (Å²) in [7, 11) is 1.69. The van der Waals surface area contributed by atoms with Gasteiger partial charge in [-0.25, -0.2) is 4.98 Å². The van der Waals surface area contributed by atoms with Crippen LogP contribution in [0.1, 0.15) is 17.0 Å². The van der Waals surface area contributed by atoms with E-state index >= 15 is 0 Å². The van der Waals surface area contributed by atoms with Gasteiger partial charge in [0.05, 0.1) is 7.11 Å². The third-order valence-electron chi connectivity index (χ3n) is 4.56. The normalized spacial score (nSPS) is 11.3. The highest BCUT2D eigenvalue weighted by Gasteiger charge is 2.16. The molecule has 2 heterocycles. The van der Waals surface area contributed by atoms with Crippen LogP contribution in [0.2, 0.25) is 0 Å². The number of hydrogen-bond donors (Lipinski definition) is 1. The smallest absolute Gasteiger partial charge is 0.145 e. The molecule has 0 aliphatic rings. The zero-order valence-corrected chi connectivity index (χ0v) is 14.4. The number of rotatable bonds is 2. The molecule has 2 aromatic carbocycles. The second kappa shape index (κ2) is 5.38. The van der Waals surface area contributed by atoms with Crippen LogP contribution in [-0.2, 0) is 0 Å². The van der Waals surface area contributed by atoms with Crippen LogP contribution in [0.5, 0.6) is 5.75 Å². The number of hydrogen-bond acceptors (Lipinski definition) is 2. The minimum Gasteiger partial charge on any atom is -0.494 e. The maximum Gasteiger partial charge on any atom is 0.145 e. The van der Waals surface area contributed by atoms with Gasteiger partial charge in [-0.1, -0.05) is 23.8 Å². The second-order valence-corrected chi connectivity index (χ2v) is 6.34. The molecule has 0 atom stereocenters. The van der Waals surface area contributed by atoms with Crippen molar-refractivity contribution >= 4 is 21.8 Å². The third-order valence-corrected chi connectivity index (χ3v) is 4.56. The lowest BCUT2D eigenvalue weighted by molar-refractivity contribution is 0.419. The number of aryl methyl sites for hydroxylation is 3. The summed E-state index contributed by atoms with van der Waals surface area (Å²) in [6.07, 6.45) is 0. The standard InChI is InChI=1S/C21H20N2O/c1-12-8-9-18-17(10-12)20(14(3)23-18)16-11-13(2)22-21-15(16)6-5-7-19(21)24-4/h5-11,23H,1-4H3. The summed E-state index contributed by atoms with van der Waals surface area (Å²) in [4.78, 5) is 8.22. The Labute approximate surface area is 141 Å². The molecule has 4 aromatic rings. The Hall–Kier alpha value is -2.81. The minimum atomic E-state index is 0.811. The Morgan fingerprint density at radius 1 is 0.958 bits per heavy atom. The first-order chi connectivity index (χ1) is 11.6. The predicted molar refractivity (Wildman–Crippen MR) is 99.8 cm³/mol. The minimum absolute atomic E-state index is 0.811. The lowest BCUT2D eigenvalue weighted by Crippen LogP contribution is -1.93. The number of aromatic nitrogens is 2. The lowest BCUT2D eigenvalue weighted by atomic mass is 9.97. The fourth-order valence-electron chi connectivity index (χ4n) is 3.51. The van der Waals surface area contributed by atoms with E-state index in [4.69, 9.17) is 9.72 Å². The van der Waals surface area contributed by atoms with Crippen molar-refractivity contribution in [2.45, 2.75) is 20.8 Å². The van der Waals surface area contributed by atoms with Crippen molar-refractivity contribution in [3.63, 3.8) is 0 Å². The molecule has 0 aliphatic heterocycles. The topological polar surface area (TPSA) is 37.9 Å². The molecule has 3 heteroatoms. The van der Waals surface area contributed by atoms with E-state index in [0.717, 1.165) is 22.3 Å². The second-order valence-electron chi connectivity index (χ2n) is 6.34. The highest BCUT2D eigenvalue weighted by atomic mass is 16.5. The average Bonchev–Trinajstić information content (AvgIpc) is 2.88. The maximum absolute atomic E-state index is 5.52. The van der Waals surface area contributed by atoms with Gasteiger partial charge in [0.2, 0.25) is 0 Å². The molecule has 0 saturated heterocycles. The van der Waals surface area contributed by atoms with Crippen LogP contribution in [0.25, 0.3) is 32.9 Å². The van der Waals surface area contributed by atoms with Crippen LogP contribution in [0.15, 0.2) is 42.5 Å². The summed E-state index contributed by atoms with van der Waals surface area (Å²) in [6.45, 7) is 6.29. The summed E-state index contributed by atoms with van der Waals surface area (Å²) in [5.74, 6) is 0.811. The largest absolute Gasteiger partial charge is 0.494 e. The van der Waals surface area contributed by atoms with E-state index in [1.54, 1.807) is 7.11 Å². The van der Waals surface area contributed by atoms with Gasteiger partial charge >= 0.3 is 0 Å². The van der Waals surface area contributed by atoms with Crippen molar-refractivity contribution in [1.29, 1.82) is 0 Å². The van der Waals surface area contributed by atoms with Gasteiger partial charge in [0.15, 0.2) is 0 Å². The van der Waals surface area contributed by atoms with Crippen LogP contribution in [0.4, 0.5) is 0 Å². The highest BCUT2D eigenvalue weighted by Crippen LogP contribution is 2.38. The predicted octanol–water partition coefficient (Wildman–Crippen LogP) is 5.32. The number of aromatic amines is 1. The average molecular weight is 316 g/mol. The number of benzene rings is 2. The fraction of sp³-hybridized carbons (Fsp3) is 0.190. The summed E-state index contributed by atoms with van der Waals surface area (Å²) < 4.78 is 5.52. The Kier molecular flexibility index (Phi) is 3.31. The summed E-state index contributed by atoms with van der Waals surface area (Å²) in [5, 5.41) is 2.37. The van der Waals surface area contributed by atoms with E-state index in [0.29, 0.717) is 0 Å². The van der Waals surface area contributed by atoms with Crippen molar-refractivity contribution < 1.29 is 4.74 Å². The monoisotopic (exact) mass is 316 g/mol. The number of nitrogens with zero attached hydrogens (tertiary/aromatic N) is 1. The molecule has 0 spiro atoms. The van der Waals surface area contributed by atoms with Gasteiger partial charge in [0.1, 0.15) is 11.3 Å². The van der Waals surface area contributed by atoms with Gasteiger partial charge in [-0.05, 0) is 50.6 Å². The molecule has 1 N–H and O–H groups in total. The van der Waals surface area contributed by atoms with Crippen molar-refractivity contribution in [3.05, 3.63) is 59.4 Å². The van der Waals surface area contributed by atoms with Crippen LogP contribution in [0, 0.1) is 20.8 Å². The Morgan fingerprint density at radius 3 is 2.58 bits per heavy atom. The first-order valence-corrected chi connectivity index (χ1v) is 8.12. The van der Waals surface area contributed by atoms with Gasteiger partial charge in [0.25, 0.3) is 0 Å². The summed E-state index contributed by atoms with van der Waals surface area (Å²) in [5.41, 5.74) is 7.95. The quantitative estimate of drug-likeness (QED) is 0.543. The van der Waals surface area contributed by atoms with E-state index in [-0.39, 0.29) is 0 Å². The van der Waals surface area contributed by atoms with Crippen LogP contribution >= 0.6 is 0 Å². The van der Waals surface area contributed by atoms with Crippen molar-refractivity contribution in [2.75, 3.05) is 7.11 Å². The SMILES string of the molecule is COc1cccc2c(-c3c(C)[nH]c4ccc(C)cc34)cc(C)nc12. The molecule has 0 unspecified atom stereocenters. The van der Waals surface area contributed by atoms with Crippen molar-refractivity contribution in [2.24, 2.45) is 0 Å². The van der Waals surface area contributed by atoms with Crippen molar-refractivity contribution in [1.82, 2.24) is 9.97 Å². The van der Waals surface area contributed by atoms with Gasteiger partial charge in [-0.15, -0.1) is 0 Å². The van der Waals surface area contributed by atoms with Crippen molar-refractivity contribution in [3.8, 4) is 16.9 Å². The van der Waals surface area contributed by atoms with Crippen LogP contribution in [-0.4, -0.2) is 17.1 Å². The molecule has 0 amide bonds. The number of pyridine rings is 1. The van der Waals surface area contributed by atoms with Gasteiger partial charge < -0.3 is 9.72 Å². The Balaban J connectivity index is 2.15. The maximum atomic E-state index is 5.52. The molecule has 4 rings (SSSR count). The molecular weight excluding hydrogens is 296 g/mol. The number of nitrogens with one attached hydrogen (secondary N) is 1. The molecule has 120 valence electrons. The third kappa shape index (κ3) is 2.16. The van der Waals surface area contributed by atoms with Crippen LogP contribution in [0.3, 0.4) is 0 Å². The fourth-order valence-corrected chi connectivity index (χ4v) is 3.51. The van der Waals surface area contributed by atoms with Crippen LogP contribution < -0.4 is 4.74 Å². The summed E-state index contributed by atoms with van der Waals surface area (Å²) >= 11 is 0. The van der Waals surface area contributed by atoms with Gasteiger partial charge in [-0.2, -0.15) is 0 Å². The van der Waals surface area contributed by atoms with E-state index < -0.39 is 0 Å². The molecular formula is C21H20N2O. The molecule has 0 bridgehead atoms. The molecule has 0 radical (unpaired) electrons. The first-order valence-electron chi connectivity index (χ1n) is 8.12. The Morgan fingerprint density at radius 2 is 1.79 bits per heavy atom. The highest BCUT2D eigenvalue weighted by molar-refractivity contribution is 6.06. The van der Waals surface area contributed by atoms with E-state index in [1.807, 2.05) is 19.1 Å². The number of ether oxygens (including phenoxy) is 1. The number of H-pyrrole nitrogens is 1. The lowest BCUT2D eigenvalue weighted by Gasteiger charge is -2.11. The molecule has 24 heavy (non-hydrogen) atoms. The number of methoxy groups -OCH3 is 1. The van der Waals surface area contributed by atoms with Gasteiger partial charge in [-0.3, -0.25) is 0 Å². The number of fused-ring (bicyclic) bond motifs is 2. The molecule has 0 aliphatic carbocycles. The summed E-state index contributed by atoms with van der Waals surface area (Å²) in [6, 6.07) is 14.8. The number of para-hydroxylation sites is 1. The van der Waals surface area contributed by atoms with Gasteiger partial charge in [0, 0.05) is 33.2 Å².